The summed E-state index contributed by atoms with van der Waals surface area (Å²) < 4.78 is 5.90. The summed E-state index contributed by atoms with van der Waals surface area (Å²) in [5.41, 5.74) is 0. The quantitative estimate of drug-likeness (QED) is 0.358. The van der Waals surface area contributed by atoms with Gasteiger partial charge in [-0.1, -0.05) is 5.92 Å². The van der Waals surface area contributed by atoms with Crippen molar-refractivity contribution in [2.75, 3.05) is 32.8 Å². The molecule has 0 heterocycles. The van der Waals surface area contributed by atoms with E-state index in [1.165, 1.54) is 0 Å². The summed E-state index contributed by atoms with van der Waals surface area (Å²) in [4.78, 5) is 11.2. The molecule has 0 atom stereocenters. The van der Waals surface area contributed by atoms with E-state index >= 15 is 0 Å². The normalized spacial score (nSPS) is 10.9. The van der Waals surface area contributed by atoms with E-state index in [2.05, 4.69) is 26.7 Å². The molecule has 0 saturated heterocycles. The van der Waals surface area contributed by atoms with Crippen LogP contribution in [0.25, 0.3) is 0 Å². The van der Waals surface area contributed by atoms with Crippen molar-refractivity contribution in [1.29, 1.82) is 0 Å². The molecule has 0 fully saturated rings. The summed E-state index contributed by atoms with van der Waals surface area (Å²) >= 11 is 0. The third-order valence-electron chi connectivity index (χ3n) is 3.34. The minimum absolute atomic E-state index is 0.0914. The van der Waals surface area contributed by atoms with Gasteiger partial charge < -0.3 is 9.22 Å². The number of rotatable bonds is 8. The van der Waals surface area contributed by atoms with Gasteiger partial charge in [0.2, 0.25) is 0 Å². The first-order chi connectivity index (χ1) is 7.64. The molecule has 92 valence electrons. The molecule has 0 N–H and O–H groups in total. The predicted molar refractivity (Wildman–Crippen MR) is 65.8 cm³/mol. The summed E-state index contributed by atoms with van der Waals surface area (Å²) in [5.74, 6) is 2.11. The van der Waals surface area contributed by atoms with Crippen LogP contribution in [-0.4, -0.2) is 43.2 Å². The average molecular weight is 226 g/mol. The summed E-state index contributed by atoms with van der Waals surface area (Å²) in [6.07, 6.45) is 6.36. The number of quaternary nitrogens is 1. The molecule has 3 heteroatoms. The van der Waals surface area contributed by atoms with Crippen LogP contribution in [0.5, 0.6) is 0 Å². The van der Waals surface area contributed by atoms with E-state index in [0.29, 0.717) is 6.42 Å². The Kier molecular flexibility index (Phi) is 7.66. The fourth-order valence-electron chi connectivity index (χ4n) is 1.90. The maximum Gasteiger partial charge on any atom is 0.306 e. The van der Waals surface area contributed by atoms with Crippen LogP contribution in [0.3, 0.4) is 0 Å². The summed E-state index contributed by atoms with van der Waals surface area (Å²) in [7, 11) is 0. The maximum atomic E-state index is 11.2. The van der Waals surface area contributed by atoms with Crippen molar-refractivity contribution in [3.63, 3.8) is 0 Å². The highest BCUT2D eigenvalue weighted by Crippen LogP contribution is 2.08. The van der Waals surface area contributed by atoms with Gasteiger partial charge in [0.05, 0.1) is 32.6 Å². The van der Waals surface area contributed by atoms with E-state index in [0.717, 1.165) is 37.1 Å². The molecule has 0 aromatic carbocycles. The minimum Gasteiger partial charge on any atom is -0.452 e. The van der Waals surface area contributed by atoms with Crippen molar-refractivity contribution in [2.24, 2.45) is 0 Å². The number of carbonyl (C=O) groups is 1. The topological polar surface area (TPSA) is 26.3 Å². The summed E-state index contributed by atoms with van der Waals surface area (Å²) in [6.45, 7) is 11.1. The number of nitrogens with zero attached hydrogens (tertiary/aromatic N) is 1. The number of hydrogen-bond acceptors (Lipinski definition) is 2. The monoisotopic (exact) mass is 226 g/mol. The molecule has 0 unspecified atom stereocenters. The smallest absolute Gasteiger partial charge is 0.306 e. The molecule has 16 heavy (non-hydrogen) atoms. The molecule has 0 aromatic heterocycles. The van der Waals surface area contributed by atoms with Gasteiger partial charge in [0.1, 0.15) is 0 Å². The SMILES string of the molecule is C#CCOC(=O)CCC[N+](CC)(CC)CC. The molecular weight excluding hydrogens is 202 g/mol. The Bertz CT molecular complexity index is 231. The molecule has 0 aliphatic carbocycles. The molecule has 0 rings (SSSR count). The van der Waals surface area contributed by atoms with Crippen LogP contribution in [-0.2, 0) is 9.53 Å². The zero-order chi connectivity index (χ0) is 12.4. The first kappa shape index (κ1) is 15.0. The largest absolute Gasteiger partial charge is 0.452 e. The predicted octanol–water partition coefficient (Wildman–Crippen LogP) is 1.82. The van der Waals surface area contributed by atoms with Crippen LogP contribution in [0, 0.1) is 12.3 Å². The number of hydrogen-bond donors (Lipinski definition) is 0. The van der Waals surface area contributed by atoms with Crippen molar-refractivity contribution in [1.82, 2.24) is 0 Å². The Labute approximate surface area is 99.4 Å². The van der Waals surface area contributed by atoms with Gasteiger partial charge in [-0.05, 0) is 20.8 Å². The van der Waals surface area contributed by atoms with Crippen molar-refractivity contribution < 1.29 is 14.0 Å². The van der Waals surface area contributed by atoms with Crippen molar-refractivity contribution in [3.8, 4) is 12.3 Å². The molecular formula is C13H24NO2+. The number of esters is 1. The highest BCUT2D eigenvalue weighted by atomic mass is 16.5. The van der Waals surface area contributed by atoms with Crippen LogP contribution in [0.4, 0.5) is 0 Å². The Morgan fingerprint density at radius 2 is 1.81 bits per heavy atom. The third-order valence-corrected chi connectivity index (χ3v) is 3.34. The van der Waals surface area contributed by atoms with Crippen molar-refractivity contribution >= 4 is 5.97 Å². The van der Waals surface area contributed by atoms with Gasteiger partial charge in [0, 0.05) is 6.42 Å². The molecule has 0 spiro atoms. The van der Waals surface area contributed by atoms with Gasteiger partial charge >= 0.3 is 5.97 Å². The third kappa shape index (κ3) is 5.18. The van der Waals surface area contributed by atoms with Crippen LogP contribution in [0.2, 0.25) is 0 Å². The van der Waals surface area contributed by atoms with Gasteiger partial charge in [0.15, 0.2) is 6.61 Å². The Hall–Kier alpha value is -1.01. The van der Waals surface area contributed by atoms with Gasteiger partial charge in [-0.3, -0.25) is 4.79 Å². The summed E-state index contributed by atoms with van der Waals surface area (Å²) in [5, 5.41) is 0. The van der Waals surface area contributed by atoms with E-state index < -0.39 is 0 Å². The van der Waals surface area contributed by atoms with E-state index in [1.54, 1.807) is 0 Å². The Morgan fingerprint density at radius 3 is 2.25 bits per heavy atom. The Morgan fingerprint density at radius 1 is 1.25 bits per heavy atom. The molecule has 3 nitrogen and oxygen atoms in total. The second-order valence-corrected chi connectivity index (χ2v) is 3.98. The number of carbonyl (C=O) groups excluding carboxylic acids is 1. The average Bonchev–Trinajstić information content (AvgIpc) is 2.33. The summed E-state index contributed by atoms with van der Waals surface area (Å²) in [6, 6.07) is 0. The van der Waals surface area contributed by atoms with E-state index in [9.17, 15) is 4.79 Å². The van der Waals surface area contributed by atoms with E-state index in [4.69, 9.17) is 11.2 Å². The zero-order valence-electron chi connectivity index (χ0n) is 10.8. The van der Waals surface area contributed by atoms with Crippen molar-refractivity contribution in [3.05, 3.63) is 0 Å². The lowest BCUT2D eigenvalue weighted by Crippen LogP contribution is -2.48. The first-order valence-corrected chi connectivity index (χ1v) is 6.08. The highest BCUT2D eigenvalue weighted by molar-refractivity contribution is 5.69. The van der Waals surface area contributed by atoms with E-state index in [-0.39, 0.29) is 12.6 Å². The second kappa shape index (κ2) is 8.18. The van der Waals surface area contributed by atoms with Gasteiger partial charge in [0.25, 0.3) is 0 Å². The molecule has 0 radical (unpaired) electrons. The molecule has 0 saturated carbocycles. The van der Waals surface area contributed by atoms with Crippen LogP contribution in [0.1, 0.15) is 33.6 Å². The van der Waals surface area contributed by atoms with Crippen LogP contribution in [0.15, 0.2) is 0 Å². The number of ether oxygens (including phenoxy) is 1. The molecule has 0 aliphatic heterocycles. The van der Waals surface area contributed by atoms with Gasteiger partial charge in [-0.15, -0.1) is 6.42 Å². The fourth-order valence-corrected chi connectivity index (χ4v) is 1.90. The van der Waals surface area contributed by atoms with Gasteiger partial charge in [-0.2, -0.15) is 0 Å². The lowest BCUT2D eigenvalue weighted by Gasteiger charge is -2.35. The van der Waals surface area contributed by atoms with Crippen molar-refractivity contribution in [2.45, 2.75) is 33.6 Å². The standard InChI is InChI=1S/C13H24NO2/c1-5-12-16-13(15)10-9-11-14(6-2,7-3)8-4/h1H,6-12H2,2-4H3/q+1. The number of terminal acetylenes is 1. The fraction of sp³-hybridized carbons (Fsp3) is 0.769. The lowest BCUT2D eigenvalue weighted by atomic mass is 10.2. The minimum atomic E-state index is -0.181. The molecule has 0 aliphatic rings. The second-order valence-electron chi connectivity index (χ2n) is 3.98. The van der Waals surface area contributed by atoms with Crippen LogP contribution >= 0.6 is 0 Å². The van der Waals surface area contributed by atoms with Gasteiger partial charge in [-0.25, -0.2) is 0 Å². The lowest BCUT2D eigenvalue weighted by molar-refractivity contribution is -0.923. The first-order valence-electron chi connectivity index (χ1n) is 6.08. The zero-order valence-corrected chi connectivity index (χ0v) is 10.8. The molecule has 0 aromatic rings. The highest BCUT2D eigenvalue weighted by Gasteiger charge is 2.20. The molecule has 0 bridgehead atoms. The van der Waals surface area contributed by atoms with E-state index in [1.807, 2.05) is 0 Å². The van der Waals surface area contributed by atoms with Crippen LogP contribution < -0.4 is 0 Å². The molecule has 0 amide bonds. The maximum absolute atomic E-state index is 11.2. The Balaban J connectivity index is 3.87.